The van der Waals surface area contributed by atoms with Crippen molar-refractivity contribution in [2.24, 2.45) is 0 Å². The second-order valence-electron chi connectivity index (χ2n) is 4.79. The third-order valence-electron chi connectivity index (χ3n) is 3.21. The number of nitrogens with two attached hydrogens (primary N) is 1. The van der Waals surface area contributed by atoms with Gasteiger partial charge < -0.3 is 5.73 Å². The summed E-state index contributed by atoms with van der Waals surface area (Å²) < 4.78 is 53.1. The zero-order valence-electron chi connectivity index (χ0n) is 11.4. The van der Waals surface area contributed by atoms with Crippen LogP contribution in [0.15, 0.2) is 42.0 Å². The standard InChI is InChI=1S/C16H12F4N2/c17-14-8-13(22)7-11(9-21)15(14)10-4-2-1-3-5-12(6-10)16(18,19)20/h1-2,4,6-8H,3,5,22H2. The molecule has 2 N–H and O–H groups in total. The largest absolute Gasteiger partial charge is 0.412 e. The van der Waals surface area contributed by atoms with Gasteiger partial charge in [0.15, 0.2) is 0 Å². The van der Waals surface area contributed by atoms with Crippen LogP contribution in [0.25, 0.3) is 5.57 Å². The van der Waals surface area contributed by atoms with E-state index in [1.54, 1.807) is 18.2 Å². The summed E-state index contributed by atoms with van der Waals surface area (Å²) in [5, 5.41) is 9.09. The van der Waals surface area contributed by atoms with Crippen molar-refractivity contribution in [2.45, 2.75) is 19.0 Å². The molecule has 1 aliphatic carbocycles. The van der Waals surface area contributed by atoms with Gasteiger partial charge in [0.25, 0.3) is 0 Å². The number of anilines is 1. The second kappa shape index (κ2) is 6.06. The predicted molar refractivity (Wildman–Crippen MR) is 76.0 cm³/mol. The smallest absolute Gasteiger partial charge is 0.399 e. The molecule has 0 saturated carbocycles. The van der Waals surface area contributed by atoms with Gasteiger partial charge in [-0.25, -0.2) is 4.39 Å². The number of nitriles is 1. The number of allylic oxidation sites excluding steroid dienone is 6. The lowest BCUT2D eigenvalue weighted by Gasteiger charge is -2.15. The molecule has 0 fully saturated rings. The van der Waals surface area contributed by atoms with Crippen molar-refractivity contribution in [3.8, 4) is 6.07 Å². The molecule has 0 atom stereocenters. The van der Waals surface area contributed by atoms with Crippen LogP contribution < -0.4 is 5.73 Å². The van der Waals surface area contributed by atoms with Crippen LogP contribution in [0, 0.1) is 17.1 Å². The van der Waals surface area contributed by atoms with Gasteiger partial charge in [0, 0.05) is 16.8 Å². The maximum Gasteiger partial charge on any atom is 0.412 e. The summed E-state index contributed by atoms with van der Waals surface area (Å²) in [6.45, 7) is 0. The van der Waals surface area contributed by atoms with Crippen molar-refractivity contribution in [1.82, 2.24) is 0 Å². The van der Waals surface area contributed by atoms with E-state index in [0.717, 1.165) is 12.1 Å². The molecule has 0 aliphatic heterocycles. The van der Waals surface area contributed by atoms with Crippen molar-refractivity contribution in [2.75, 3.05) is 5.73 Å². The molecule has 1 aromatic carbocycles. The molecule has 6 heteroatoms. The molecular weight excluding hydrogens is 296 g/mol. The number of nitrogen functional groups attached to an aromatic ring is 1. The quantitative estimate of drug-likeness (QED) is 0.613. The summed E-state index contributed by atoms with van der Waals surface area (Å²) in [6, 6.07) is 3.99. The van der Waals surface area contributed by atoms with Crippen LogP contribution in [0.3, 0.4) is 0 Å². The van der Waals surface area contributed by atoms with E-state index in [0.29, 0.717) is 0 Å². The van der Waals surface area contributed by atoms with Gasteiger partial charge in [0.2, 0.25) is 0 Å². The van der Waals surface area contributed by atoms with Gasteiger partial charge >= 0.3 is 6.18 Å². The number of rotatable bonds is 1. The number of nitrogens with zero attached hydrogens (tertiary/aromatic N) is 1. The first-order valence-electron chi connectivity index (χ1n) is 6.47. The Labute approximate surface area is 124 Å². The fourth-order valence-electron chi connectivity index (χ4n) is 2.20. The first-order valence-corrected chi connectivity index (χ1v) is 6.47. The van der Waals surface area contributed by atoms with E-state index >= 15 is 0 Å². The topological polar surface area (TPSA) is 49.8 Å². The molecule has 0 unspecified atom stereocenters. The zero-order chi connectivity index (χ0) is 16.3. The summed E-state index contributed by atoms with van der Waals surface area (Å²) in [5.41, 5.74) is 4.47. The molecule has 0 spiro atoms. The molecule has 1 aromatic rings. The summed E-state index contributed by atoms with van der Waals surface area (Å²) in [4.78, 5) is 0. The van der Waals surface area contributed by atoms with Crippen LogP contribution in [0.5, 0.6) is 0 Å². The van der Waals surface area contributed by atoms with Crippen LogP contribution >= 0.6 is 0 Å². The van der Waals surface area contributed by atoms with Gasteiger partial charge in [0.05, 0.1) is 11.6 Å². The molecular formula is C16H12F4N2. The molecule has 0 saturated heterocycles. The maximum absolute atomic E-state index is 14.1. The van der Waals surface area contributed by atoms with Crippen LogP contribution in [-0.2, 0) is 0 Å². The second-order valence-corrected chi connectivity index (χ2v) is 4.79. The molecule has 114 valence electrons. The first-order chi connectivity index (χ1) is 10.3. The average molecular weight is 308 g/mol. The van der Waals surface area contributed by atoms with Crippen molar-refractivity contribution >= 4 is 11.3 Å². The Morgan fingerprint density at radius 3 is 2.59 bits per heavy atom. The van der Waals surface area contributed by atoms with E-state index < -0.39 is 17.6 Å². The molecule has 0 bridgehead atoms. The molecule has 0 amide bonds. The van der Waals surface area contributed by atoms with Crippen LogP contribution in [-0.4, -0.2) is 6.18 Å². The van der Waals surface area contributed by atoms with E-state index in [9.17, 15) is 17.6 Å². The van der Waals surface area contributed by atoms with E-state index in [4.69, 9.17) is 11.0 Å². The van der Waals surface area contributed by atoms with Crippen LogP contribution in [0.4, 0.5) is 23.2 Å². The molecule has 0 heterocycles. The Morgan fingerprint density at radius 2 is 1.95 bits per heavy atom. The van der Waals surface area contributed by atoms with Crippen LogP contribution in [0.2, 0.25) is 0 Å². The fourth-order valence-corrected chi connectivity index (χ4v) is 2.20. The molecule has 1 aliphatic rings. The molecule has 0 radical (unpaired) electrons. The molecule has 0 aromatic heterocycles. The van der Waals surface area contributed by atoms with Gasteiger partial charge in [-0.3, -0.25) is 0 Å². The highest BCUT2D eigenvalue weighted by atomic mass is 19.4. The molecule has 2 nitrogen and oxygen atoms in total. The van der Waals surface area contributed by atoms with Crippen molar-refractivity contribution in [3.63, 3.8) is 0 Å². The average Bonchev–Trinajstić information content (AvgIpc) is 2.37. The van der Waals surface area contributed by atoms with E-state index in [-0.39, 0.29) is 35.2 Å². The van der Waals surface area contributed by atoms with E-state index in [1.165, 1.54) is 12.1 Å². The summed E-state index contributed by atoms with van der Waals surface area (Å²) in [7, 11) is 0. The van der Waals surface area contributed by atoms with Crippen molar-refractivity contribution in [1.29, 1.82) is 5.26 Å². The summed E-state index contributed by atoms with van der Waals surface area (Å²) in [5.74, 6) is -0.824. The first kappa shape index (κ1) is 15.8. The monoisotopic (exact) mass is 308 g/mol. The lowest BCUT2D eigenvalue weighted by molar-refractivity contribution is -0.0938. The number of benzene rings is 1. The summed E-state index contributed by atoms with van der Waals surface area (Å²) in [6.07, 6.45) is 0.914. The predicted octanol–water partition coefficient (Wildman–Crippen LogP) is 4.50. The maximum atomic E-state index is 14.1. The van der Waals surface area contributed by atoms with Crippen molar-refractivity contribution < 1.29 is 17.6 Å². The highest BCUT2D eigenvalue weighted by molar-refractivity contribution is 5.81. The molecule has 2 rings (SSSR count). The highest BCUT2D eigenvalue weighted by Gasteiger charge is 2.33. The van der Waals surface area contributed by atoms with Crippen molar-refractivity contribution in [3.05, 3.63) is 59.0 Å². The van der Waals surface area contributed by atoms with Gasteiger partial charge in [-0.2, -0.15) is 18.4 Å². The number of hydrogen-bond acceptors (Lipinski definition) is 2. The Kier molecular flexibility index (Phi) is 4.36. The minimum Gasteiger partial charge on any atom is -0.399 e. The van der Waals surface area contributed by atoms with Gasteiger partial charge in [0.1, 0.15) is 5.82 Å². The molecule has 22 heavy (non-hydrogen) atoms. The minimum atomic E-state index is -4.50. The van der Waals surface area contributed by atoms with Crippen LogP contribution in [0.1, 0.15) is 24.0 Å². The third kappa shape index (κ3) is 3.37. The minimum absolute atomic E-state index is 0.00248. The summed E-state index contributed by atoms with van der Waals surface area (Å²) >= 11 is 0. The lowest BCUT2D eigenvalue weighted by Crippen LogP contribution is -2.12. The SMILES string of the molecule is N#Cc1cc(N)cc(F)c1C1=CC=CCCC(C(F)(F)F)=C1. The fraction of sp³-hybridized carbons (Fsp3) is 0.188. The Bertz CT molecular complexity index is 719. The van der Waals surface area contributed by atoms with E-state index in [1.807, 2.05) is 0 Å². The zero-order valence-corrected chi connectivity index (χ0v) is 11.4. The highest BCUT2D eigenvalue weighted by Crippen LogP contribution is 2.35. The number of hydrogen-bond donors (Lipinski definition) is 1. The number of alkyl halides is 3. The third-order valence-corrected chi connectivity index (χ3v) is 3.21. The van der Waals surface area contributed by atoms with Gasteiger partial charge in [-0.05, 0) is 36.6 Å². The number of halogens is 4. The van der Waals surface area contributed by atoms with Gasteiger partial charge in [-0.15, -0.1) is 0 Å². The van der Waals surface area contributed by atoms with E-state index in [2.05, 4.69) is 0 Å². The Balaban J connectivity index is 2.66. The lowest BCUT2D eigenvalue weighted by atomic mass is 9.94. The van der Waals surface area contributed by atoms with Gasteiger partial charge in [-0.1, -0.05) is 18.2 Å². The Hall–Kier alpha value is -2.55. The Morgan fingerprint density at radius 1 is 1.23 bits per heavy atom. The normalized spacial score (nSPS) is 15.4.